The van der Waals surface area contributed by atoms with Crippen molar-refractivity contribution in [3.63, 3.8) is 0 Å². The highest BCUT2D eigenvalue weighted by molar-refractivity contribution is 5.90. The van der Waals surface area contributed by atoms with E-state index >= 15 is 0 Å². The number of aliphatic hydroxyl groups excluding tert-OH is 1. The molecule has 5 nitrogen and oxygen atoms in total. The number of hydrogen-bond donors (Lipinski definition) is 1. The molecule has 0 aliphatic carbocycles. The van der Waals surface area contributed by atoms with Crippen molar-refractivity contribution >= 4 is 11.9 Å². The normalized spacial score (nSPS) is 12.9. The number of rotatable bonds is 7. The molecule has 24 heavy (non-hydrogen) atoms. The molecule has 0 aliphatic heterocycles. The van der Waals surface area contributed by atoms with Gasteiger partial charge in [0.2, 0.25) is 0 Å². The highest BCUT2D eigenvalue weighted by atomic mass is 16.6. The third-order valence-electron chi connectivity index (χ3n) is 3.49. The molecular weight excluding hydrogens is 308 g/mol. The van der Waals surface area contributed by atoms with Crippen molar-refractivity contribution in [2.45, 2.75) is 25.6 Å². The zero-order valence-corrected chi connectivity index (χ0v) is 13.4. The second kappa shape index (κ2) is 8.84. The van der Waals surface area contributed by atoms with Crippen molar-refractivity contribution in [3.8, 4) is 0 Å². The number of aliphatic hydroxyl groups is 1. The van der Waals surface area contributed by atoms with E-state index in [9.17, 15) is 14.7 Å². The standard InChI is InChI=1S/C19H20O5/c1-2-17(24-19(22)15-11-7-4-8-12-15)16(20)13-23-18(21)14-9-5-3-6-10-14/h3-12,16-17,20H,2,13H2,1H3/t16-,17?/m1/s1. The largest absolute Gasteiger partial charge is 0.459 e. The zero-order valence-electron chi connectivity index (χ0n) is 13.4. The van der Waals surface area contributed by atoms with Gasteiger partial charge in [0.15, 0.2) is 0 Å². The first-order chi connectivity index (χ1) is 11.6. The lowest BCUT2D eigenvalue weighted by Crippen LogP contribution is -2.35. The molecule has 0 spiro atoms. The van der Waals surface area contributed by atoms with Crippen LogP contribution in [-0.2, 0) is 9.47 Å². The predicted octanol–water partition coefficient (Wildman–Crippen LogP) is 2.84. The van der Waals surface area contributed by atoms with Crippen LogP contribution in [0.5, 0.6) is 0 Å². The minimum atomic E-state index is -1.09. The van der Waals surface area contributed by atoms with Gasteiger partial charge in [-0.2, -0.15) is 0 Å². The molecule has 2 aromatic carbocycles. The van der Waals surface area contributed by atoms with Crippen molar-refractivity contribution in [1.29, 1.82) is 0 Å². The van der Waals surface area contributed by atoms with E-state index in [1.54, 1.807) is 67.6 Å². The Morgan fingerprint density at radius 1 is 0.917 bits per heavy atom. The molecule has 0 heterocycles. The fourth-order valence-electron chi connectivity index (χ4n) is 2.14. The van der Waals surface area contributed by atoms with Gasteiger partial charge < -0.3 is 14.6 Å². The summed E-state index contributed by atoms with van der Waals surface area (Å²) >= 11 is 0. The molecule has 5 heteroatoms. The van der Waals surface area contributed by atoms with Crippen LogP contribution >= 0.6 is 0 Å². The summed E-state index contributed by atoms with van der Waals surface area (Å²) in [6.45, 7) is 1.54. The highest BCUT2D eigenvalue weighted by Crippen LogP contribution is 2.11. The van der Waals surface area contributed by atoms with Crippen LogP contribution in [-0.4, -0.2) is 35.9 Å². The Morgan fingerprint density at radius 3 is 1.92 bits per heavy atom. The maximum Gasteiger partial charge on any atom is 0.338 e. The Bertz CT molecular complexity index is 654. The summed E-state index contributed by atoms with van der Waals surface area (Å²) in [5, 5.41) is 10.1. The monoisotopic (exact) mass is 328 g/mol. The number of carbonyl (C=O) groups is 2. The van der Waals surface area contributed by atoms with E-state index in [2.05, 4.69) is 0 Å². The van der Waals surface area contributed by atoms with E-state index in [0.29, 0.717) is 17.5 Å². The Balaban J connectivity index is 1.88. The quantitative estimate of drug-likeness (QED) is 0.791. The smallest absolute Gasteiger partial charge is 0.338 e. The van der Waals surface area contributed by atoms with Gasteiger partial charge in [0.25, 0.3) is 0 Å². The lowest BCUT2D eigenvalue weighted by atomic mass is 10.1. The fourth-order valence-corrected chi connectivity index (χ4v) is 2.14. The maximum absolute atomic E-state index is 12.0. The number of benzene rings is 2. The van der Waals surface area contributed by atoms with Crippen molar-refractivity contribution < 1.29 is 24.2 Å². The summed E-state index contributed by atoms with van der Waals surface area (Å²) in [6, 6.07) is 17.0. The van der Waals surface area contributed by atoms with Crippen molar-refractivity contribution in [3.05, 3.63) is 71.8 Å². The minimum absolute atomic E-state index is 0.242. The number of carbonyl (C=O) groups excluding carboxylic acids is 2. The van der Waals surface area contributed by atoms with Gasteiger partial charge in [0.1, 0.15) is 18.8 Å². The SMILES string of the molecule is CCC(OC(=O)c1ccccc1)[C@H](O)COC(=O)c1ccccc1. The first-order valence-electron chi connectivity index (χ1n) is 7.78. The summed E-state index contributed by atoms with van der Waals surface area (Å²) in [5.41, 5.74) is 0.809. The fraction of sp³-hybridized carbons (Fsp3) is 0.263. The van der Waals surface area contributed by atoms with Crippen LogP contribution in [0.1, 0.15) is 34.1 Å². The molecule has 0 saturated carbocycles. The van der Waals surface area contributed by atoms with Gasteiger partial charge in [0, 0.05) is 0 Å². The molecule has 0 amide bonds. The van der Waals surface area contributed by atoms with E-state index in [1.165, 1.54) is 0 Å². The minimum Gasteiger partial charge on any atom is -0.459 e. The van der Waals surface area contributed by atoms with Crippen LogP contribution in [0.15, 0.2) is 60.7 Å². The van der Waals surface area contributed by atoms with Gasteiger partial charge in [-0.1, -0.05) is 43.3 Å². The second-order valence-corrected chi connectivity index (χ2v) is 5.25. The number of ether oxygens (including phenoxy) is 2. The van der Waals surface area contributed by atoms with Crippen LogP contribution in [0.2, 0.25) is 0 Å². The van der Waals surface area contributed by atoms with Gasteiger partial charge in [-0.3, -0.25) is 0 Å². The Morgan fingerprint density at radius 2 is 1.42 bits per heavy atom. The lowest BCUT2D eigenvalue weighted by Gasteiger charge is -2.21. The molecule has 0 fully saturated rings. The molecule has 2 atom stereocenters. The molecular formula is C19H20O5. The van der Waals surface area contributed by atoms with Crippen LogP contribution in [0.4, 0.5) is 0 Å². The van der Waals surface area contributed by atoms with Gasteiger partial charge in [0.05, 0.1) is 11.1 Å². The maximum atomic E-state index is 12.0. The molecule has 126 valence electrons. The average molecular weight is 328 g/mol. The van der Waals surface area contributed by atoms with E-state index < -0.39 is 24.1 Å². The molecule has 0 saturated heterocycles. The van der Waals surface area contributed by atoms with Gasteiger partial charge in [-0.05, 0) is 30.7 Å². The van der Waals surface area contributed by atoms with E-state index in [4.69, 9.17) is 9.47 Å². The van der Waals surface area contributed by atoms with Crippen molar-refractivity contribution in [2.75, 3.05) is 6.61 Å². The molecule has 2 rings (SSSR count). The third-order valence-corrected chi connectivity index (χ3v) is 3.49. The summed E-state index contributed by atoms with van der Waals surface area (Å²) in [5.74, 6) is -1.05. The molecule has 1 N–H and O–H groups in total. The first kappa shape index (κ1) is 17.7. The predicted molar refractivity (Wildman–Crippen MR) is 88.7 cm³/mol. The molecule has 0 radical (unpaired) electrons. The molecule has 2 aromatic rings. The summed E-state index contributed by atoms with van der Waals surface area (Å²) in [6.07, 6.45) is -1.43. The van der Waals surface area contributed by atoms with Crippen LogP contribution in [0.25, 0.3) is 0 Å². The van der Waals surface area contributed by atoms with E-state index in [-0.39, 0.29) is 6.61 Å². The first-order valence-corrected chi connectivity index (χ1v) is 7.78. The van der Waals surface area contributed by atoms with Crippen LogP contribution in [0.3, 0.4) is 0 Å². The van der Waals surface area contributed by atoms with Crippen molar-refractivity contribution in [2.24, 2.45) is 0 Å². The van der Waals surface area contributed by atoms with Gasteiger partial charge in [-0.25, -0.2) is 9.59 Å². The zero-order chi connectivity index (χ0) is 17.4. The molecule has 0 aromatic heterocycles. The molecule has 0 bridgehead atoms. The van der Waals surface area contributed by atoms with E-state index in [0.717, 1.165) is 0 Å². The van der Waals surface area contributed by atoms with Crippen LogP contribution < -0.4 is 0 Å². The average Bonchev–Trinajstić information content (AvgIpc) is 2.65. The van der Waals surface area contributed by atoms with Crippen molar-refractivity contribution in [1.82, 2.24) is 0 Å². The highest BCUT2D eigenvalue weighted by Gasteiger charge is 2.24. The summed E-state index contributed by atoms with van der Waals surface area (Å²) < 4.78 is 10.4. The van der Waals surface area contributed by atoms with E-state index in [1.807, 2.05) is 0 Å². The topological polar surface area (TPSA) is 72.8 Å². The van der Waals surface area contributed by atoms with Gasteiger partial charge in [-0.15, -0.1) is 0 Å². The number of esters is 2. The molecule has 0 aliphatic rings. The summed E-state index contributed by atoms with van der Waals surface area (Å²) in [7, 11) is 0. The molecule has 1 unspecified atom stereocenters. The Hall–Kier alpha value is -2.66. The third kappa shape index (κ3) is 4.93. The Labute approximate surface area is 140 Å². The van der Waals surface area contributed by atoms with Crippen LogP contribution in [0, 0.1) is 0 Å². The van der Waals surface area contributed by atoms with Gasteiger partial charge >= 0.3 is 11.9 Å². The Kier molecular flexibility index (Phi) is 6.51. The number of hydrogen-bond acceptors (Lipinski definition) is 5. The summed E-state index contributed by atoms with van der Waals surface area (Å²) in [4.78, 5) is 23.9. The second-order valence-electron chi connectivity index (χ2n) is 5.25. The lowest BCUT2D eigenvalue weighted by molar-refractivity contribution is -0.0446.